The average molecular weight is 453 g/mol. The minimum atomic E-state index is -4.74. The number of nitro groups is 1. The van der Waals surface area contributed by atoms with Crippen molar-refractivity contribution in [1.29, 1.82) is 0 Å². The van der Waals surface area contributed by atoms with Crippen LogP contribution in [0.15, 0.2) is 53.4 Å². The highest BCUT2D eigenvalue weighted by atomic mass is 32.2. The molecule has 0 bridgehead atoms. The number of nitro benzene ring substituents is 1. The van der Waals surface area contributed by atoms with Gasteiger partial charge < -0.3 is 0 Å². The van der Waals surface area contributed by atoms with Gasteiger partial charge in [-0.1, -0.05) is 26.0 Å². The molecule has 0 amide bonds. The summed E-state index contributed by atoms with van der Waals surface area (Å²) in [6.07, 6.45) is -3.72. The van der Waals surface area contributed by atoms with Crippen molar-refractivity contribution in [3.05, 3.63) is 69.9 Å². The van der Waals surface area contributed by atoms with Crippen LogP contribution in [0.1, 0.15) is 31.0 Å². The zero-order valence-electron chi connectivity index (χ0n) is 16.7. The molecule has 0 unspecified atom stereocenters. The lowest BCUT2D eigenvalue weighted by molar-refractivity contribution is -0.385. The number of benzene rings is 2. The number of sulfone groups is 1. The summed E-state index contributed by atoms with van der Waals surface area (Å²) in [6, 6.07) is 10.2. The van der Waals surface area contributed by atoms with Gasteiger partial charge in [0.2, 0.25) is 0 Å². The lowest BCUT2D eigenvalue weighted by Gasteiger charge is -2.11. The normalized spacial score (nSPS) is 12.4. The Balaban J connectivity index is 2.22. The molecule has 0 aliphatic heterocycles. The largest absolute Gasteiger partial charge is 0.435 e. The Kier molecular flexibility index (Phi) is 5.66. The predicted octanol–water partition coefficient (Wildman–Crippen LogP) is 4.99. The van der Waals surface area contributed by atoms with Crippen LogP contribution in [0.3, 0.4) is 0 Å². The van der Waals surface area contributed by atoms with E-state index < -0.39 is 26.6 Å². The zero-order chi connectivity index (χ0) is 23.1. The smallest absolute Gasteiger partial charge is 0.258 e. The summed E-state index contributed by atoms with van der Waals surface area (Å²) in [4.78, 5) is 10.9. The predicted molar refractivity (Wildman–Crippen MR) is 108 cm³/mol. The maximum atomic E-state index is 13.3. The van der Waals surface area contributed by atoms with Crippen molar-refractivity contribution in [3.63, 3.8) is 0 Å². The Morgan fingerprint density at radius 2 is 1.68 bits per heavy atom. The lowest BCUT2D eigenvalue weighted by atomic mass is 10.0. The van der Waals surface area contributed by atoms with E-state index in [1.54, 1.807) is 13.8 Å². The molecule has 0 fully saturated rings. The summed E-state index contributed by atoms with van der Waals surface area (Å²) in [5.41, 5.74) is -0.602. The Morgan fingerprint density at radius 3 is 2.16 bits per heavy atom. The van der Waals surface area contributed by atoms with Gasteiger partial charge in [0, 0.05) is 23.4 Å². The van der Waals surface area contributed by atoms with E-state index in [0.29, 0.717) is 5.56 Å². The van der Waals surface area contributed by atoms with Crippen LogP contribution in [0.2, 0.25) is 0 Å². The molecule has 7 nitrogen and oxygen atoms in total. The van der Waals surface area contributed by atoms with Crippen LogP contribution in [-0.2, 0) is 16.0 Å². The van der Waals surface area contributed by atoms with Crippen LogP contribution in [-0.4, -0.2) is 29.4 Å². The standard InChI is InChI=1S/C20H18F3N3O4S/c1-12(2)16-9-6-14(10-18(16)26(27)28)25-17(11-19(24-25)20(21,22)23)13-4-7-15(8-5-13)31(3,29)30/h4-12H,1-3H3. The van der Waals surface area contributed by atoms with E-state index in [9.17, 15) is 31.7 Å². The summed E-state index contributed by atoms with van der Waals surface area (Å²) in [5, 5.41) is 15.1. The average Bonchev–Trinajstić information content (AvgIpc) is 3.12. The molecule has 3 rings (SSSR count). The van der Waals surface area contributed by atoms with Crippen LogP contribution < -0.4 is 0 Å². The topological polar surface area (TPSA) is 95.1 Å². The molecule has 1 aromatic heterocycles. The van der Waals surface area contributed by atoms with Crippen molar-refractivity contribution in [3.8, 4) is 16.9 Å². The number of hydrogen-bond donors (Lipinski definition) is 0. The molecule has 1 heterocycles. The first-order valence-electron chi connectivity index (χ1n) is 9.05. The number of alkyl halides is 3. The number of aromatic nitrogens is 2. The maximum Gasteiger partial charge on any atom is 0.435 e. The van der Waals surface area contributed by atoms with Gasteiger partial charge in [0.15, 0.2) is 15.5 Å². The first kappa shape index (κ1) is 22.5. The summed E-state index contributed by atoms with van der Waals surface area (Å²) < 4.78 is 64.3. The summed E-state index contributed by atoms with van der Waals surface area (Å²) >= 11 is 0. The van der Waals surface area contributed by atoms with Crippen LogP contribution in [0.5, 0.6) is 0 Å². The third-order valence-corrected chi connectivity index (χ3v) is 5.78. The van der Waals surface area contributed by atoms with E-state index >= 15 is 0 Å². The van der Waals surface area contributed by atoms with Crippen LogP contribution in [0.4, 0.5) is 18.9 Å². The molecule has 0 atom stereocenters. The molecular formula is C20H18F3N3O4S. The van der Waals surface area contributed by atoms with E-state index in [2.05, 4.69) is 5.10 Å². The molecule has 31 heavy (non-hydrogen) atoms. The van der Waals surface area contributed by atoms with Gasteiger partial charge >= 0.3 is 6.18 Å². The fourth-order valence-electron chi connectivity index (χ4n) is 3.11. The van der Waals surface area contributed by atoms with Crippen LogP contribution >= 0.6 is 0 Å². The second kappa shape index (κ2) is 7.80. The maximum absolute atomic E-state index is 13.3. The third-order valence-electron chi connectivity index (χ3n) is 4.66. The molecule has 164 valence electrons. The quantitative estimate of drug-likeness (QED) is 0.401. The Bertz CT molecular complexity index is 1250. The number of halogens is 3. The Hall–Kier alpha value is -3.21. The molecule has 3 aromatic rings. The number of rotatable bonds is 5. The van der Waals surface area contributed by atoms with E-state index in [0.717, 1.165) is 17.0 Å². The second-order valence-electron chi connectivity index (χ2n) is 7.28. The zero-order valence-corrected chi connectivity index (χ0v) is 17.5. The van der Waals surface area contributed by atoms with E-state index in [1.165, 1.54) is 42.5 Å². The molecule has 0 aliphatic carbocycles. The van der Waals surface area contributed by atoms with E-state index in [-0.39, 0.29) is 33.4 Å². The van der Waals surface area contributed by atoms with E-state index in [1.807, 2.05) is 0 Å². The van der Waals surface area contributed by atoms with Crippen molar-refractivity contribution in [1.82, 2.24) is 9.78 Å². The van der Waals surface area contributed by atoms with Crippen molar-refractivity contribution in [2.75, 3.05) is 6.26 Å². The van der Waals surface area contributed by atoms with Crippen LogP contribution in [0, 0.1) is 10.1 Å². The highest BCUT2D eigenvalue weighted by molar-refractivity contribution is 7.90. The molecule has 0 aliphatic rings. The molecule has 0 saturated carbocycles. The molecule has 0 radical (unpaired) electrons. The van der Waals surface area contributed by atoms with Crippen molar-refractivity contribution in [2.45, 2.75) is 30.8 Å². The third kappa shape index (κ3) is 4.61. The van der Waals surface area contributed by atoms with E-state index in [4.69, 9.17) is 0 Å². The first-order chi connectivity index (χ1) is 14.3. The Morgan fingerprint density at radius 1 is 1.06 bits per heavy atom. The highest BCUT2D eigenvalue weighted by Crippen LogP contribution is 2.35. The van der Waals surface area contributed by atoms with Gasteiger partial charge in [-0.3, -0.25) is 10.1 Å². The minimum Gasteiger partial charge on any atom is -0.258 e. The summed E-state index contributed by atoms with van der Waals surface area (Å²) in [6.45, 7) is 3.54. The SMILES string of the molecule is CC(C)c1ccc(-n2nc(C(F)(F)F)cc2-c2ccc(S(C)(=O)=O)cc2)cc1[N+](=O)[O-]. The molecule has 2 aromatic carbocycles. The van der Waals surface area contributed by atoms with Gasteiger partial charge in [-0.05, 0) is 36.2 Å². The van der Waals surface area contributed by atoms with Crippen LogP contribution in [0.25, 0.3) is 16.9 Å². The summed E-state index contributed by atoms with van der Waals surface area (Å²) in [5.74, 6) is -0.166. The second-order valence-corrected chi connectivity index (χ2v) is 9.29. The summed E-state index contributed by atoms with van der Waals surface area (Å²) in [7, 11) is -3.49. The van der Waals surface area contributed by atoms with Gasteiger partial charge in [0.1, 0.15) is 0 Å². The molecule has 0 N–H and O–H groups in total. The van der Waals surface area contributed by atoms with Crippen molar-refractivity contribution >= 4 is 15.5 Å². The van der Waals surface area contributed by atoms with Gasteiger partial charge in [-0.25, -0.2) is 13.1 Å². The molecular weight excluding hydrogens is 435 g/mol. The van der Waals surface area contributed by atoms with Gasteiger partial charge in [0.25, 0.3) is 5.69 Å². The Labute approximate surface area is 176 Å². The fraction of sp³-hybridized carbons (Fsp3) is 0.250. The molecule has 0 saturated heterocycles. The molecule has 0 spiro atoms. The van der Waals surface area contributed by atoms with Gasteiger partial charge in [0.05, 0.1) is 21.2 Å². The number of hydrogen-bond acceptors (Lipinski definition) is 5. The highest BCUT2D eigenvalue weighted by Gasteiger charge is 2.35. The fourth-order valence-corrected chi connectivity index (χ4v) is 3.74. The van der Waals surface area contributed by atoms with Crippen molar-refractivity contribution < 1.29 is 26.5 Å². The monoisotopic (exact) mass is 453 g/mol. The molecule has 11 heteroatoms. The first-order valence-corrected chi connectivity index (χ1v) is 10.9. The van der Waals surface area contributed by atoms with Gasteiger partial charge in [-0.15, -0.1) is 0 Å². The van der Waals surface area contributed by atoms with Crippen molar-refractivity contribution in [2.24, 2.45) is 0 Å². The lowest BCUT2D eigenvalue weighted by Crippen LogP contribution is -2.08. The van der Waals surface area contributed by atoms with Gasteiger partial charge in [-0.2, -0.15) is 18.3 Å². The minimum absolute atomic E-state index is 0.00952. The number of nitrogens with zero attached hydrogens (tertiary/aromatic N) is 3.